The number of aromatic nitrogens is 3. The van der Waals surface area contributed by atoms with Crippen molar-refractivity contribution in [3.8, 4) is 6.01 Å². The molecule has 0 radical (unpaired) electrons. The van der Waals surface area contributed by atoms with Crippen molar-refractivity contribution in [2.75, 3.05) is 36.2 Å². The van der Waals surface area contributed by atoms with E-state index in [0.717, 1.165) is 12.7 Å². The van der Waals surface area contributed by atoms with E-state index in [9.17, 15) is 37.5 Å². The second kappa shape index (κ2) is 16.6. The molecule has 0 unspecified atom stereocenters. The highest BCUT2D eigenvalue weighted by atomic mass is 35.5. The van der Waals surface area contributed by atoms with Gasteiger partial charge < -0.3 is 41.2 Å². The number of alkyl halides is 3. The first-order chi connectivity index (χ1) is 25.9. The fourth-order valence-corrected chi connectivity index (χ4v) is 5.25. The molecule has 1 heterocycles. The number of anilines is 4. The summed E-state index contributed by atoms with van der Waals surface area (Å²) in [6, 6.07) is 17.0. The summed E-state index contributed by atoms with van der Waals surface area (Å²) in [5, 5.41) is 23.9. The number of rotatable bonds is 14. The van der Waals surface area contributed by atoms with Gasteiger partial charge in [0.2, 0.25) is 11.9 Å². The van der Waals surface area contributed by atoms with Crippen molar-refractivity contribution < 1.29 is 46.9 Å². The first kappa shape index (κ1) is 40.2. The molecular formula is C36H36ClF3N8O7. The van der Waals surface area contributed by atoms with Crippen LogP contribution in [0.2, 0.25) is 5.02 Å². The minimum atomic E-state index is -4.65. The Labute approximate surface area is 317 Å². The molecule has 0 bridgehead atoms. The van der Waals surface area contributed by atoms with Crippen LogP contribution in [0, 0.1) is 0 Å². The average molecular weight is 785 g/mol. The van der Waals surface area contributed by atoms with Crippen molar-refractivity contribution in [3.63, 3.8) is 0 Å². The maximum Gasteiger partial charge on any atom is 0.422 e. The summed E-state index contributed by atoms with van der Waals surface area (Å²) in [5.41, 5.74) is 0.261. The van der Waals surface area contributed by atoms with Crippen molar-refractivity contribution in [3.05, 3.63) is 94.5 Å². The van der Waals surface area contributed by atoms with Gasteiger partial charge in [0.05, 0.1) is 18.2 Å². The fourth-order valence-electron chi connectivity index (χ4n) is 5.12. The lowest BCUT2D eigenvalue weighted by Crippen LogP contribution is -2.50. The Morgan fingerprint density at radius 3 is 2.20 bits per heavy atom. The molecular weight excluding hydrogens is 749 g/mol. The number of nitrogens with zero attached hydrogens (tertiary/aromatic N) is 3. The molecule has 15 nitrogen and oxygen atoms in total. The molecule has 1 aliphatic rings. The van der Waals surface area contributed by atoms with Crippen LogP contribution in [0.5, 0.6) is 6.01 Å². The normalized spacial score (nSPS) is 13.8. The molecule has 6 N–H and O–H groups in total. The van der Waals surface area contributed by atoms with E-state index >= 15 is 0 Å². The summed E-state index contributed by atoms with van der Waals surface area (Å²) < 4.78 is 48.4. The van der Waals surface area contributed by atoms with Gasteiger partial charge in [0.1, 0.15) is 6.04 Å². The Kier molecular flexibility index (Phi) is 12.1. The van der Waals surface area contributed by atoms with Gasteiger partial charge in [-0.15, -0.1) is 0 Å². The summed E-state index contributed by atoms with van der Waals surface area (Å²) >= 11 is 6.02. The van der Waals surface area contributed by atoms with E-state index in [1.54, 1.807) is 38.1 Å². The standard InChI is InChI=1S/C36H36ClF3N8O7/c1-34(2,53)22-5-4-6-25(17-22)42-29(51)28(50)41-18-26(30(52)54-3)44-27(49)20-7-13-24(14-8-20)43-31-45-32(47-33(46-31)55-19-36(38,39)40)48-35(15-16-35)21-9-11-23(37)12-10-21/h4-14,17,26,53H,15-16,18-19H2,1-3H3,(H,41,50)(H,42,51)(H,44,49)(H2,43,45,46,47,48)/t26-/m0/s1. The average Bonchev–Trinajstić information content (AvgIpc) is 3.92. The number of benzene rings is 3. The van der Waals surface area contributed by atoms with E-state index < -0.39 is 66.2 Å². The number of hydrogen-bond acceptors (Lipinski definition) is 12. The van der Waals surface area contributed by atoms with Crippen LogP contribution < -0.4 is 31.3 Å². The van der Waals surface area contributed by atoms with Crippen molar-refractivity contribution in [1.29, 1.82) is 0 Å². The number of hydrogen-bond donors (Lipinski definition) is 6. The van der Waals surface area contributed by atoms with Gasteiger partial charge in [-0.05, 0) is 86.3 Å². The van der Waals surface area contributed by atoms with Gasteiger partial charge in [-0.1, -0.05) is 35.9 Å². The van der Waals surface area contributed by atoms with Gasteiger partial charge in [0, 0.05) is 28.5 Å². The topological polar surface area (TPSA) is 206 Å². The zero-order chi connectivity index (χ0) is 40.0. The summed E-state index contributed by atoms with van der Waals surface area (Å²) in [7, 11) is 1.08. The Morgan fingerprint density at radius 1 is 0.909 bits per heavy atom. The van der Waals surface area contributed by atoms with Crippen molar-refractivity contribution in [2.45, 2.75) is 50.0 Å². The van der Waals surface area contributed by atoms with Crippen LogP contribution >= 0.6 is 11.6 Å². The summed E-state index contributed by atoms with van der Waals surface area (Å²) in [6.45, 7) is 0.988. The van der Waals surface area contributed by atoms with Gasteiger partial charge in [0.25, 0.3) is 5.91 Å². The molecule has 290 valence electrons. The first-order valence-corrected chi connectivity index (χ1v) is 17.0. The molecule has 5 rings (SSSR count). The number of carbonyl (C=O) groups excluding carboxylic acids is 4. The molecule has 1 aliphatic carbocycles. The molecule has 1 atom stereocenters. The van der Waals surface area contributed by atoms with Crippen LogP contribution in [0.3, 0.4) is 0 Å². The molecule has 55 heavy (non-hydrogen) atoms. The highest BCUT2D eigenvalue weighted by Crippen LogP contribution is 2.48. The van der Waals surface area contributed by atoms with E-state index in [1.807, 2.05) is 12.1 Å². The van der Waals surface area contributed by atoms with Crippen molar-refractivity contribution >= 4 is 58.6 Å². The third-order valence-electron chi connectivity index (χ3n) is 8.17. The van der Waals surface area contributed by atoms with Gasteiger partial charge >= 0.3 is 30.0 Å². The molecule has 0 aliphatic heterocycles. The van der Waals surface area contributed by atoms with Crippen LogP contribution in [0.1, 0.15) is 48.2 Å². The van der Waals surface area contributed by atoms with Crippen LogP contribution in [-0.2, 0) is 30.3 Å². The van der Waals surface area contributed by atoms with E-state index in [4.69, 9.17) is 21.1 Å². The van der Waals surface area contributed by atoms with Gasteiger partial charge in [-0.3, -0.25) is 14.4 Å². The maximum absolute atomic E-state index is 13.1. The summed E-state index contributed by atoms with van der Waals surface area (Å²) in [4.78, 5) is 62.9. The first-order valence-electron chi connectivity index (χ1n) is 16.6. The number of amides is 3. The highest BCUT2D eigenvalue weighted by Gasteiger charge is 2.45. The lowest BCUT2D eigenvalue weighted by atomic mass is 9.98. The van der Waals surface area contributed by atoms with Crippen molar-refractivity contribution in [2.24, 2.45) is 0 Å². The molecule has 4 aromatic rings. The van der Waals surface area contributed by atoms with E-state index in [0.29, 0.717) is 29.1 Å². The Hall–Kier alpha value is -6.01. The minimum Gasteiger partial charge on any atom is -0.467 e. The number of nitrogens with one attached hydrogen (secondary N) is 5. The van der Waals surface area contributed by atoms with Crippen LogP contribution in [0.15, 0.2) is 72.8 Å². The van der Waals surface area contributed by atoms with E-state index in [2.05, 4.69) is 41.5 Å². The molecule has 1 fully saturated rings. The number of halogens is 4. The lowest BCUT2D eigenvalue weighted by Gasteiger charge is -2.19. The third kappa shape index (κ3) is 11.2. The zero-order valence-electron chi connectivity index (χ0n) is 29.6. The van der Waals surface area contributed by atoms with Crippen LogP contribution in [0.25, 0.3) is 0 Å². The van der Waals surface area contributed by atoms with Gasteiger partial charge in [0.15, 0.2) is 6.61 Å². The van der Waals surface area contributed by atoms with Crippen LogP contribution in [0.4, 0.5) is 36.4 Å². The molecule has 3 amide bonds. The number of methoxy groups -OCH3 is 1. The fraction of sp³-hybridized carbons (Fsp3) is 0.306. The Morgan fingerprint density at radius 2 is 1.58 bits per heavy atom. The predicted octanol–water partition coefficient (Wildman–Crippen LogP) is 4.56. The SMILES string of the molecule is COC(=O)[C@H](CNC(=O)C(=O)Nc1cccc(C(C)(C)O)c1)NC(=O)c1ccc(Nc2nc(NC3(c4ccc(Cl)cc4)CC3)nc(OCC(F)(F)F)n2)cc1. The number of aliphatic hydroxyl groups is 1. The largest absolute Gasteiger partial charge is 0.467 e. The predicted molar refractivity (Wildman–Crippen MR) is 194 cm³/mol. The highest BCUT2D eigenvalue weighted by molar-refractivity contribution is 6.39. The zero-order valence-corrected chi connectivity index (χ0v) is 30.3. The smallest absolute Gasteiger partial charge is 0.422 e. The van der Waals surface area contributed by atoms with E-state index in [-0.39, 0.29) is 23.1 Å². The molecule has 19 heteroatoms. The second-order valence-corrected chi connectivity index (χ2v) is 13.4. The van der Waals surface area contributed by atoms with Crippen LogP contribution in [-0.4, -0.2) is 76.2 Å². The number of ether oxygens (including phenoxy) is 2. The molecule has 0 spiro atoms. The van der Waals surface area contributed by atoms with Crippen molar-refractivity contribution in [1.82, 2.24) is 25.6 Å². The molecule has 0 saturated heterocycles. The minimum absolute atomic E-state index is 0.0449. The van der Waals surface area contributed by atoms with Gasteiger partial charge in [-0.2, -0.15) is 28.1 Å². The number of esters is 1. The lowest BCUT2D eigenvalue weighted by molar-refractivity contribution is -0.154. The monoisotopic (exact) mass is 784 g/mol. The maximum atomic E-state index is 13.1. The Bertz CT molecular complexity index is 2040. The van der Waals surface area contributed by atoms with Gasteiger partial charge in [-0.25, -0.2) is 4.79 Å². The third-order valence-corrected chi connectivity index (χ3v) is 8.42. The molecule has 3 aromatic carbocycles. The Balaban J connectivity index is 1.23. The quantitative estimate of drug-likeness (QED) is 0.0769. The second-order valence-electron chi connectivity index (χ2n) is 12.9. The summed E-state index contributed by atoms with van der Waals surface area (Å²) in [6.07, 6.45) is -3.25. The molecule has 1 saturated carbocycles. The summed E-state index contributed by atoms with van der Waals surface area (Å²) in [5.74, 6) is -4.01. The molecule has 1 aromatic heterocycles. The van der Waals surface area contributed by atoms with E-state index in [1.165, 1.54) is 36.4 Å². The number of carbonyl (C=O) groups is 4.